The van der Waals surface area contributed by atoms with Crippen molar-refractivity contribution in [2.75, 3.05) is 34.4 Å². The van der Waals surface area contributed by atoms with Gasteiger partial charge in [0.1, 0.15) is 11.4 Å². The highest BCUT2D eigenvalue weighted by Crippen LogP contribution is 2.39. The average Bonchev–Trinajstić information content (AvgIpc) is 2.76. The van der Waals surface area contributed by atoms with Crippen molar-refractivity contribution in [3.05, 3.63) is 29.8 Å². The Morgan fingerprint density at radius 3 is 2.72 bits per heavy atom. The molecule has 1 aliphatic carbocycles. The highest BCUT2D eigenvalue weighted by atomic mass is 16.5. The molecule has 0 bridgehead atoms. The minimum atomic E-state index is -0.262. The van der Waals surface area contributed by atoms with E-state index in [-0.39, 0.29) is 11.5 Å². The number of hydrogen-bond donors (Lipinski definition) is 0. The molecule has 0 saturated heterocycles. The molecule has 1 aromatic rings. The van der Waals surface area contributed by atoms with Crippen LogP contribution in [0.1, 0.15) is 37.7 Å². The van der Waals surface area contributed by atoms with Gasteiger partial charge < -0.3 is 19.3 Å². The third kappa shape index (κ3) is 4.15. The van der Waals surface area contributed by atoms with E-state index in [1.54, 1.807) is 7.11 Å². The van der Waals surface area contributed by atoms with E-state index < -0.39 is 0 Å². The first kappa shape index (κ1) is 18.2. The van der Waals surface area contributed by atoms with Crippen molar-refractivity contribution < 1.29 is 14.3 Å². The van der Waals surface area contributed by atoms with Crippen molar-refractivity contribution in [1.82, 2.24) is 9.80 Å². The van der Waals surface area contributed by atoms with Gasteiger partial charge in [-0.05, 0) is 45.8 Å². The highest BCUT2D eigenvalue weighted by molar-refractivity contribution is 5.76. The lowest BCUT2D eigenvalue weighted by Gasteiger charge is -2.43. The molecule has 3 rings (SSSR count). The third-order valence-corrected chi connectivity index (χ3v) is 5.61. The van der Waals surface area contributed by atoms with Crippen molar-refractivity contribution in [3.8, 4) is 5.75 Å². The number of para-hydroxylation sites is 1. The molecule has 0 radical (unpaired) electrons. The molecule has 0 atom stereocenters. The Hall–Kier alpha value is -1.59. The second-order valence-corrected chi connectivity index (χ2v) is 7.58. The minimum Gasteiger partial charge on any atom is -0.485 e. The van der Waals surface area contributed by atoms with Gasteiger partial charge in [0.25, 0.3) is 0 Å². The van der Waals surface area contributed by atoms with Gasteiger partial charge in [-0.1, -0.05) is 18.2 Å². The standard InChI is InChI=1S/C20H30N2O3/c1-21(2)17-8-11-20(12-9-17)15-22(19(23)10-13-24-3)14-16-6-4-5-7-18(16)25-20/h4-7,17H,8-15H2,1-3H3. The molecule has 1 heterocycles. The van der Waals surface area contributed by atoms with Crippen molar-refractivity contribution in [2.45, 2.75) is 50.3 Å². The molecule has 1 aliphatic heterocycles. The largest absolute Gasteiger partial charge is 0.485 e. The zero-order valence-corrected chi connectivity index (χ0v) is 15.7. The van der Waals surface area contributed by atoms with Crippen LogP contribution >= 0.6 is 0 Å². The summed E-state index contributed by atoms with van der Waals surface area (Å²) in [6.45, 7) is 1.76. The summed E-state index contributed by atoms with van der Waals surface area (Å²) in [5, 5.41) is 0. The maximum absolute atomic E-state index is 12.7. The first-order chi connectivity index (χ1) is 12.0. The van der Waals surface area contributed by atoms with E-state index in [2.05, 4.69) is 25.1 Å². The summed E-state index contributed by atoms with van der Waals surface area (Å²) in [6, 6.07) is 8.74. The number of carbonyl (C=O) groups is 1. The van der Waals surface area contributed by atoms with Gasteiger partial charge >= 0.3 is 0 Å². The number of carbonyl (C=O) groups excluding carboxylic acids is 1. The van der Waals surface area contributed by atoms with Crippen molar-refractivity contribution in [2.24, 2.45) is 0 Å². The van der Waals surface area contributed by atoms with Crippen LogP contribution in [-0.2, 0) is 16.1 Å². The Balaban J connectivity index is 1.82. The van der Waals surface area contributed by atoms with Crippen LogP contribution in [0.25, 0.3) is 0 Å². The van der Waals surface area contributed by atoms with E-state index in [0.29, 0.717) is 32.2 Å². The number of ether oxygens (including phenoxy) is 2. The average molecular weight is 346 g/mol. The lowest BCUT2D eigenvalue weighted by Crippen LogP contribution is -2.51. The molecule has 1 amide bonds. The monoisotopic (exact) mass is 346 g/mol. The maximum Gasteiger partial charge on any atom is 0.225 e. The van der Waals surface area contributed by atoms with Gasteiger partial charge in [-0.2, -0.15) is 0 Å². The van der Waals surface area contributed by atoms with Gasteiger partial charge in [0.15, 0.2) is 0 Å². The zero-order chi connectivity index (χ0) is 17.9. The molecular weight excluding hydrogens is 316 g/mol. The highest BCUT2D eigenvalue weighted by Gasteiger charge is 2.42. The van der Waals surface area contributed by atoms with E-state index in [1.165, 1.54) is 0 Å². The van der Waals surface area contributed by atoms with E-state index in [0.717, 1.165) is 37.0 Å². The van der Waals surface area contributed by atoms with Crippen LogP contribution in [0.4, 0.5) is 0 Å². The second-order valence-electron chi connectivity index (χ2n) is 7.58. The number of benzene rings is 1. The van der Waals surface area contributed by atoms with Gasteiger partial charge in [-0.15, -0.1) is 0 Å². The first-order valence-electron chi connectivity index (χ1n) is 9.23. The molecule has 1 spiro atoms. The number of amides is 1. The predicted octanol–water partition coefficient (Wildman–Crippen LogP) is 2.69. The van der Waals surface area contributed by atoms with Crippen LogP contribution in [0.15, 0.2) is 24.3 Å². The minimum absolute atomic E-state index is 0.149. The van der Waals surface area contributed by atoms with Crippen molar-refractivity contribution >= 4 is 5.91 Å². The number of methoxy groups -OCH3 is 1. The van der Waals surface area contributed by atoms with Gasteiger partial charge in [0.2, 0.25) is 5.91 Å². The smallest absolute Gasteiger partial charge is 0.225 e. The van der Waals surface area contributed by atoms with E-state index >= 15 is 0 Å². The number of nitrogens with zero attached hydrogens (tertiary/aromatic N) is 2. The summed E-state index contributed by atoms with van der Waals surface area (Å²) in [5.41, 5.74) is 0.835. The molecule has 0 N–H and O–H groups in total. The summed E-state index contributed by atoms with van der Waals surface area (Å²) in [6.07, 6.45) is 4.61. The molecular formula is C20H30N2O3. The van der Waals surface area contributed by atoms with Crippen molar-refractivity contribution in [1.29, 1.82) is 0 Å². The van der Waals surface area contributed by atoms with E-state index in [1.807, 2.05) is 23.1 Å². The fraction of sp³-hybridized carbons (Fsp3) is 0.650. The molecule has 138 valence electrons. The van der Waals surface area contributed by atoms with E-state index in [9.17, 15) is 4.79 Å². The zero-order valence-electron chi connectivity index (χ0n) is 15.7. The molecule has 5 heteroatoms. The molecule has 0 unspecified atom stereocenters. The van der Waals surface area contributed by atoms with Gasteiger partial charge in [-0.3, -0.25) is 4.79 Å². The second kappa shape index (κ2) is 7.75. The van der Waals surface area contributed by atoms with Crippen molar-refractivity contribution in [3.63, 3.8) is 0 Å². The quantitative estimate of drug-likeness (QED) is 0.841. The summed E-state index contributed by atoms with van der Waals surface area (Å²) < 4.78 is 11.7. The first-order valence-corrected chi connectivity index (χ1v) is 9.23. The predicted molar refractivity (Wildman–Crippen MR) is 97.7 cm³/mol. The Kier molecular flexibility index (Phi) is 5.64. The Morgan fingerprint density at radius 2 is 2.04 bits per heavy atom. The number of rotatable bonds is 4. The molecule has 0 aromatic heterocycles. The lowest BCUT2D eigenvalue weighted by atomic mass is 9.81. The number of fused-ring (bicyclic) bond motifs is 1. The normalized spacial score (nSPS) is 26.2. The fourth-order valence-corrected chi connectivity index (χ4v) is 4.04. The third-order valence-electron chi connectivity index (χ3n) is 5.61. The van der Waals surface area contributed by atoms with Crippen LogP contribution in [0.2, 0.25) is 0 Å². The molecule has 1 aromatic carbocycles. The van der Waals surface area contributed by atoms with Crippen LogP contribution in [-0.4, -0.2) is 61.7 Å². The van der Waals surface area contributed by atoms with Crippen LogP contribution < -0.4 is 4.74 Å². The van der Waals surface area contributed by atoms with Gasteiger partial charge in [0, 0.05) is 25.3 Å². The summed E-state index contributed by atoms with van der Waals surface area (Å²) >= 11 is 0. The molecule has 2 aliphatic rings. The SMILES string of the molecule is COCCC(=O)N1Cc2ccccc2OC2(CCC(N(C)C)CC2)C1. The number of hydrogen-bond acceptors (Lipinski definition) is 4. The van der Waals surface area contributed by atoms with Gasteiger partial charge in [0.05, 0.1) is 19.6 Å². The maximum atomic E-state index is 12.7. The van der Waals surface area contributed by atoms with Gasteiger partial charge in [-0.25, -0.2) is 0 Å². The van der Waals surface area contributed by atoms with Crippen LogP contribution in [0.3, 0.4) is 0 Å². The summed E-state index contributed by atoms with van der Waals surface area (Å²) in [7, 11) is 5.93. The lowest BCUT2D eigenvalue weighted by molar-refractivity contribution is -0.136. The summed E-state index contributed by atoms with van der Waals surface area (Å²) in [4.78, 5) is 17.0. The van der Waals surface area contributed by atoms with Crippen LogP contribution in [0, 0.1) is 0 Å². The van der Waals surface area contributed by atoms with Crippen LogP contribution in [0.5, 0.6) is 5.75 Å². The topological polar surface area (TPSA) is 42.0 Å². The molecule has 5 nitrogen and oxygen atoms in total. The summed E-state index contributed by atoms with van der Waals surface area (Å²) in [5.74, 6) is 1.09. The molecule has 25 heavy (non-hydrogen) atoms. The molecule has 1 saturated carbocycles. The fourth-order valence-electron chi connectivity index (χ4n) is 4.04. The molecule has 1 fully saturated rings. The Labute approximate surface area is 150 Å². The van der Waals surface area contributed by atoms with E-state index in [4.69, 9.17) is 9.47 Å². The Bertz CT molecular complexity index is 594. The Morgan fingerprint density at radius 1 is 1.32 bits per heavy atom.